The number of amides is 1. The molecule has 0 aliphatic rings. The molecule has 0 aliphatic heterocycles. The standard InChI is InChI=1S/C22H22N6O7S/c1-32-18-7-16-17(8-19(18)33-2)24-13-25-22(16)35-15-9-26-28(10-15)11-21(29)27-20-6-14(4-5-23-20)12-34-36(3,30)31/h4-10,13H,11-12H2,1-3H3,(H,23,27,29). The van der Waals surface area contributed by atoms with Gasteiger partial charge in [-0.05, 0) is 23.8 Å². The molecule has 0 saturated heterocycles. The normalized spacial score (nSPS) is 11.3. The number of rotatable bonds is 10. The molecule has 1 N–H and O–H groups in total. The monoisotopic (exact) mass is 514 g/mol. The molecule has 14 heteroatoms. The molecule has 4 rings (SSSR count). The first-order valence-corrected chi connectivity index (χ1v) is 12.2. The SMILES string of the molecule is COc1cc2ncnc(Oc3cnn(CC(=O)Nc4cc(COS(C)(=O)=O)ccn4)c3)c2cc1OC. The zero-order valence-electron chi connectivity index (χ0n) is 19.5. The van der Waals surface area contributed by atoms with Crippen LogP contribution in [0, 0.1) is 0 Å². The van der Waals surface area contributed by atoms with Crippen molar-refractivity contribution in [3.05, 3.63) is 54.7 Å². The molecule has 0 radical (unpaired) electrons. The first kappa shape index (κ1) is 24.8. The summed E-state index contributed by atoms with van der Waals surface area (Å²) in [6.45, 7) is -0.287. The van der Waals surface area contributed by atoms with Crippen LogP contribution in [0.15, 0.2) is 49.2 Å². The summed E-state index contributed by atoms with van der Waals surface area (Å²) in [4.78, 5) is 24.9. The molecule has 0 unspecified atom stereocenters. The fraction of sp³-hybridized carbons (Fsp3) is 0.227. The summed E-state index contributed by atoms with van der Waals surface area (Å²) in [7, 11) is -0.528. The molecule has 1 amide bonds. The van der Waals surface area contributed by atoms with Gasteiger partial charge in [0.2, 0.25) is 11.8 Å². The smallest absolute Gasteiger partial charge is 0.264 e. The van der Waals surface area contributed by atoms with Gasteiger partial charge in [-0.15, -0.1) is 0 Å². The van der Waals surface area contributed by atoms with Gasteiger partial charge in [0.25, 0.3) is 10.1 Å². The number of nitrogens with one attached hydrogen (secondary N) is 1. The Hall–Kier alpha value is -4.30. The summed E-state index contributed by atoms with van der Waals surface area (Å²) >= 11 is 0. The van der Waals surface area contributed by atoms with Crippen molar-refractivity contribution in [2.75, 3.05) is 25.8 Å². The molecule has 188 valence electrons. The van der Waals surface area contributed by atoms with Crippen LogP contribution in [0.3, 0.4) is 0 Å². The van der Waals surface area contributed by atoms with Crippen molar-refractivity contribution < 1.29 is 31.6 Å². The highest BCUT2D eigenvalue weighted by Gasteiger charge is 2.14. The quantitative estimate of drug-likeness (QED) is 0.309. The second kappa shape index (κ2) is 10.5. The Balaban J connectivity index is 1.42. The van der Waals surface area contributed by atoms with Crippen LogP contribution in [-0.4, -0.2) is 59.5 Å². The van der Waals surface area contributed by atoms with E-state index in [2.05, 4.69) is 25.4 Å². The predicted molar refractivity (Wildman–Crippen MR) is 127 cm³/mol. The lowest BCUT2D eigenvalue weighted by molar-refractivity contribution is -0.116. The molecule has 0 aliphatic carbocycles. The average Bonchev–Trinajstić information content (AvgIpc) is 3.28. The summed E-state index contributed by atoms with van der Waals surface area (Å²) in [6.07, 6.45) is 6.75. The van der Waals surface area contributed by atoms with Crippen LogP contribution in [0.25, 0.3) is 10.9 Å². The topological polar surface area (TPSA) is 157 Å². The number of aromatic nitrogens is 5. The maximum absolute atomic E-state index is 12.5. The number of anilines is 1. The van der Waals surface area contributed by atoms with Gasteiger partial charge in [-0.2, -0.15) is 13.5 Å². The lowest BCUT2D eigenvalue weighted by Crippen LogP contribution is -2.19. The molecule has 13 nitrogen and oxygen atoms in total. The van der Waals surface area contributed by atoms with E-state index in [0.717, 1.165) is 6.26 Å². The third-order valence-corrected chi connectivity index (χ3v) is 5.31. The van der Waals surface area contributed by atoms with Crippen LogP contribution < -0.4 is 19.5 Å². The Morgan fingerprint density at radius 2 is 1.86 bits per heavy atom. The molecule has 36 heavy (non-hydrogen) atoms. The second-order valence-electron chi connectivity index (χ2n) is 7.44. The van der Waals surface area contributed by atoms with Crippen LogP contribution in [0.5, 0.6) is 23.1 Å². The van der Waals surface area contributed by atoms with Gasteiger partial charge in [-0.25, -0.2) is 15.0 Å². The van der Waals surface area contributed by atoms with Gasteiger partial charge in [-0.1, -0.05) is 0 Å². The molecule has 1 aromatic carbocycles. The van der Waals surface area contributed by atoms with Gasteiger partial charge in [0, 0.05) is 12.3 Å². The number of hydrogen-bond donors (Lipinski definition) is 1. The third kappa shape index (κ3) is 6.22. The first-order valence-electron chi connectivity index (χ1n) is 10.4. The summed E-state index contributed by atoms with van der Waals surface area (Å²) in [5.41, 5.74) is 1.13. The number of benzene rings is 1. The van der Waals surface area contributed by atoms with E-state index < -0.39 is 16.0 Å². The minimum absolute atomic E-state index is 0.120. The van der Waals surface area contributed by atoms with Crippen molar-refractivity contribution in [1.29, 1.82) is 0 Å². The highest BCUT2D eigenvalue weighted by atomic mass is 32.2. The lowest BCUT2D eigenvalue weighted by Gasteiger charge is -2.10. The van der Waals surface area contributed by atoms with E-state index in [-0.39, 0.29) is 24.8 Å². The maximum Gasteiger partial charge on any atom is 0.264 e. The number of methoxy groups -OCH3 is 2. The summed E-state index contributed by atoms with van der Waals surface area (Å²) < 4.78 is 45.0. The Morgan fingerprint density at radius 1 is 1.08 bits per heavy atom. The Labute approximate surface area is 206 Å². The van der Waals surface area contributed by atoms with Crippen LogP contribution in [-0.2, 0) is 32.2 Å². The van der Waals surface area contributed by atoms with E-state index in [4.69, 9.17) is 18.4 Å². The number of carbonyl (C=O) groups excluding carboxylic acids is 1. The van der Waals surface area contributed by atoms with Crippen molar-refractivity contribution in [3.63, 3.8) is 0 Å². The fourth-order valence-electron chi connectivity index (χ4n) is 3.17. The number of pyridine rings is 1. The average molecular weight is 515 g/mol. The fourth-order valence-corrected chi connectivity index (χ4v) is 3.52. The number of carbonyl (C=O) groups is 1. The Bertz CT molecular complexity index is 1510. The minimum atomic E-state index is -3.59. The lowest BCUT2D eigenvalue weighted by atomic mass is 10.2. The largest absolute Gasteiger partial charge is 0.493 e. The summed E-state index contributed by atoms with van der Waals surface area (Å²) in [5.74, 6) is 1.50. The van der Waals surface area contributed by atoms with Gasteiger partial charge in [0.15, 0.2) is 17.2 Å². The number of nitrogens with zero attached hydrogens (tertiary/aromatic N) is 5. The van der Waals surface area contributed by atoms with Crippen molar-refractivity contribution >= 4 is 32.7 Å². The maximum atomic E-state index is 12.5. The minimum Gasteiger partial charge on any atom is -0.493 e. The number of fused-ring (bicyclic) bond motifs is 1. The molecule has 3 heterocycles. The van der Waals surface area contributed by atoms with Crippen molar-refractivity contribution in [1.82, 2.24) is 24.7 Å². The Kier molecular flexibility index (Phi) is 7.26. The molecule has 0 fully saturated rings. The molecule has 0 spiro atoms. The molecule has 0 atom stereocenters. The van der Waals surface area contributed by atoms with Crippen molar-refractivity contribution in [3.8, 4) is 23.1 Å². The first-order chi connectivity index (χ1) is 17.2. The van der Waals surface area contributed by atoms with E-state index in [9.17, 15) is 13.2 Å². The zero-order valence-corrected chi connectivity index (χ0v) is 20.4. The van der Waals surface area contributed by atoms with Crippen molar-refractivity contribution in [2.45, 2.75) is 13.2 Å². The van der Waals surface area contributed by atoms with Gasteiger partial charge in [-0.3, -0.25) is 13.7 Å². The van der Waals surface area contributed by atoms with E-state index in [1.165, 1.54) is 49.9 Å². The predicted octanol–water partition coefficient (Wildman–Crippen LogP) is 2.15. The van der Waals surface area contributed by atoms with E-state index in [1.807, 2.05) is 0 Å². The van der Waals surface area contributed by atoms with Gasteiger partial charge in [0.1, 0.15) is 18.7 Å². The highest BCUT2D eigenvalue weighted by molar-refractivity contribution is 7.85. The van der Waals surface area contributed by atoms with E-state index in [1.54, 1.807) is 18.2 Å². The highest BCUT2D eigenvalue weighted by Crippen LogP contribution is 2.35. The third-order valence-electron chi connectivity index (χ3n) is 4.77. The number of ether oxygens (including phenoxy) is 3. The molecule has 4 aromatic rings. The van der Waals surface area contributed by atoms with Gasteiger partial charge in [0.05, 0.1) is 50.4 Å². The second-order valence-corrected chi connectivity index (χ2v) is 9.09. The van der Waals surface area contributed by atoms with Gasteiger partial charge >= 0.3 is 0 Å². The van der Waals surface area contributed by atoms with Crippen LogP contribution in [0.4, 0.5) is 5.82 Å². The van der Waals surface area contributed by atoms with Crippen molar-refractivity contribution in [2.24, 2.45) is 0 Å². The summed E-state index contributed by atoms with van der Waals surface area (Å²) in [5, 5.41) is 7.38. The van der Waals surface area contributed by atoms with E-state index >= 15 is 0 Å². The molecular formula is C22H22N6O7S. The molecule has 3 aromatic heterocycles. The zero-order chi connectivity index (χ0) is 25.7. The van der Waals surface area contributed by atoms with Gasteiger partial charge < -0.3 is 19.5 Å². The molecular weight excluding hydrogens is 492 g/mol. The number of hydrogen-bond acceptors (Lipinski definition) is 11. The van der Waals surface area contributed by atoms with Crippen LogP contribution in [0.2, 0.25) is 0 Å². The molecule has 0 saturated carbocycles. The summed E-state index contributed by atoms with van der Waals surface area (Å²) in [6, 6.07) is 6.53. The Morgan fingerprint density at radius 3 is 2.61 bits per heavy atom. The van der Waals surface area contributed by atoms with E-state index in [0.29, 0.717) is 33.7 Å². The molecule has 0 bridgehead atoms. The van der Waals surface area contributed by atoms with Crippen LogP contribution >= 0.6 is 0 Å². The van der Waals surface area contributed by atoms with Crippen LogP contribution in [0.1, 0.15) is 5.56 Å².